The summed E-state index contributed by atoms with van der Waals surface area (Å²) in [7, 11) is 0. The van der Waals surface area contributed by atoms with Gasteiger partial charge in [-0.25, -0.2) is 14.4 Å². The van der Waals surface area contributed by atoms with E-state index in [1.54, 1.807) is 6.26 Å². The highest BCUT2D eigenvalue weighted by Gasteiger charge is 2.21. The Morgan fingerprint density at radius 2 is 2.08 bits per heavy atom. The molecule has 124 valence electrons. The molecule has 0 atom stereocenters. The lowest BCUT2D eigenvalue weighted by Crippen LogP contribution is -2.46. The summed E-state index contributed by atoms with van der Waals surface area (Å²) in [5.41, 5.74) is 2.10. The van der Waals surface area contributed by atoms with Gasteiger partial charge in [-0.3, -0.25) is 4.90 Å². The summed E-state index contributed by atoms with van der Waals surface area (Å²) in [4.78, 5) is 13.0. The number of rotatable bonds is 4. The Morgan fingerprint density at radius 1 is 1.21 bits per heavy atom. The van der Waals surface area contributed by atoms with Crippen LogP contribution in [0.2, 0.25) is 0 Å². The maximum atomic E-state index is 14.0. The van der Waals surface area contributed by atoms with E-state index in [0.717, 1.165) is 44.0 Å². The van der Waals surface area contributed by atoms with Crippen LogP contribution >= 0.6 is 11.3 Å². The molecule has 1 saturated heterocycles. The molecule has 0 bridgehead atoms. The van der Waals surface area contributed by atoms with Gasteiger partial charge in [-0.1, -0.05) is 5.16 Å². The zero-order valence-corrected chi connectivity index (χ0v) is 13.7. The number of piperazine rings is 1. The molecule has 0 aliphatic carbocycles. The van der Waals surface area contributed by atoms with Crippen LogP contribution in [0.1, 0.15) is 5.69 Å². The van der Waals surface area contributed by atoms with Gasteiger partial charge in [0.15, 0.2) is 5.82 Å². The summed E-state index contributed by atoms with van der Waals surface area (Å²) < 4.78 is 18.9. The van der Waals surface area contributed by atoms with E-state index < -0.39 is 0 Å². The lowest BCUT2D eigenvalue weighted by atomic mass is 10.2. The van der Waals surface area contributed by atoms with Gasteiger partial charge in [0.1, 0.15) is 12.0 Å². The van der Waals surface area contributed by atoms with E-state index >= 15 is 0 Å². The Morgan fingerprint density at radius 3 is 2.79 bits per heavy atom. The Kier molecular flexibility index (Phi) is 4.22. The quantitative estimate of drug-likeness (QED) is 0.725. The van der Waals surface area contributed by atoms with Crippen molar-refractivity contribution in [2.75, 3.05) is 31.1 Å². The fraction of sp³-hybridized carbons (Fsp3) is 0.312. The molecule has 4 heterocycles. The molecular formula is C16H16FN5OS. The first kappa shape index (κ1) is 15.2. The van der Waals surface area contributed by atoms with Crippen LogP contribution in [0.15, 0.2) is 39.9 Å². The van der Waals surface area contributed by atoms with Gasteiger partial charge in [0.05, 0.1) is 11.9 Å². The zero-order chi connectivity index (χ0) is 16.4. The first-order chi connectivity index (χ1) is 11.8. The van der Waals surface area contributed by atoms with E-state index in [1.165, 1.54) is 17.5 Å². The molecule has 3 aromatic rings. The summed E-state index contributed by atoms with van der Waals surface area (Å²) in [6, 6.07) is 3.75. The zero-order valence-electron chi connectivity index (χ0n) is 12.9. The third-order valence-corrected chi connectivity index (χ3v) is 4.74. The molecular weight excluding hydrogens is 329 g/mol. The van der Waals surface area contributed by atoms with E-state index in [4.69, 9.17) is 4.52 Å². The van der Waals surface area contributed by atoms with Crippen LogP contribution in [0.4, 0.5) is 10.3 Å². The fourth-order valence-electron chi connectivity index (χ4n) is 2.77. The van der Waals surface area contributed by atoms with E-state index in [-0.39, 0.29) is 5.82 Å². The van der Waals surface area contributed by atoms with Crippen molar-refractivity contribution in [1.29, 1.82) is 0 Å². The maximum Gasteiger partial charge on any atom is 0.226 e. The highest BCUT2D eigenvalue weighted by atomic mass is 32.1. The Balaban J connectivity index is 1.45. The number of hydrogen-bond acceptors (Lipinski definition) is 7. The molecule has 0 radical (unpaired) electrons. The Bertz CT molecular complexity index is 785. The van der Waals surface area contributed by atoms with E-state index in [0.29, 0.717) is 11.6 Å². The summed E-state index contributed by atoms with van der Waals surface area (Å²) in [5.74, 6) is 0.195. The summed E-state index contributed by atoms with van der Waals surface area (Å²) in [6.45, 7) is 4.12. The van der Waals surface area contributed by atoms with Crippen LogP contribution < -0.4 is 4.90 Å². The second-order valence-electron chi connectivity index (χ2n) is 5.63. The third kappa shape index (κ3) is 3.15. The smallest absolute Gasteiger partial charge is 0.226 e. The topological polar surface area (TPSA) is 58.3 Å². The average molecular weight is 345 g/mol. The molecule has 0 N–H and O–H groups in total. The van der Waals surface area contributed by atoms with Gasteiger partial charge in [0.25, 0.3) is 0 Å². The molecule has 0 saturated carbocycles. The SMILES string of the molecule is Fc1cnc(N2CCN(Cc3ccon3)CC2)nc1-c1ccsc1. The van der Waals surface area contributed by atoms with Crippen molar-refractivity contribution < 1.29 is 8.91 Å². The van der Waals surface area contributed by atoms with Crippen molar-refractivity contribution in [3.05, 3.63) is 46.9 Å². The Labute approximate surface area is 142 Å². The second kappa shape index (κ2) is 6.66. The number of thiophene rings is 1. The molecule has 0 amide bonds. The van der Waals surface area contributed by atoms with Crippen molar-refractivity contribution >= 4 is 17.3 Å². The molecule has 1 fully saturated rings. The van der Waals surface area contributed by atoms with Crippen LogP contribution in [-0.2, 0) is 6.54 Å². The predicted octanol–water partition coefficient (Wildman–Crippen LogP) is 2.65. The lowest BCUT2D eigenvalue weighted by molar-refractivity contribution is 0.241. The van der Waals surface area contributed by atoms with Gasteiger partial charge >= 0.3 is 0 Å². The van der Waals surface area contributed by atoms with Crippen molar-refractivity contribution in [3.8, 4) is 11.3 Å². The monoisotopic (exact) mass is 345 g/mol. The molecule has 1 aliphatic rings. The van der Waals surface area contributed by atoms with Gasteiger partial charge < -0.3 is 9.42 Å². The summed E-state index contributed by atoms with van der Waals surface area (Å²) >= 11 is 1.53. The van der Waals surface area contributed by atoms with Crippen molar-refractivity contribution in [2.45, 2.75) is 6.54 Å². The van der Waals surface area contributed by atoms with Crippen molar-refractivity contribution in [1.82, 2.24) is 20.0 Å². The molecule has 0 spiro atoms. The largest absolute Gasteiger partial charge is 0.364 e. The number of halogens is 1. The molecule has 8 heteroatoms. The first-order valence-corrected chi connectivity index (χ1v) is 8.65. The molecule has 4 rings (SSSR count). The van der Waals surface area contributed by atoms with Gasteiger partial charge in [-0.15, -0.1) is 0 Å². The minimum Gasteiger partial charge on any atom is -0.364 e. The first-order valence-electron chi connectivity index (χ1n) is 7.71. The molecule has 3 aromatic heterocycles. The number of hydrogen-bond donors (Lipinski definition) is 0. The van der Waals surface area contributed by atoms with Crippen LogP contribution in [0.3, 0.4) is 0 Å². The van der Waals surface area contributed by atoms with Crippen LogP contribution in [0, 0.1) is 5.82 Å². The highest BCUT2D eigenvalue weighted by Crippen LogP contribution is 2.24. The minimum absolute atomic E-state index is 0.367. The average Bonchev–Trinajstić information content (AvgIpc) is 3.30. The minimum atomic E-state index is -0.387. The molecule has 0 aromatic carbocycles. The summed E-state index contributed by atoms with van der Waals surface area (Å²) in [5, 5.41) is 7.75. The van der Waals surface area contributed by atoms with Crippen molar-refractivity contribution in [3.63, 3.8) is 0 Å². The third-order valence-electron chi connectivity index (χ3n) is 4.06. The molecule has 24 heavy (non-hydrogen) atoms. The number of anilines is 1. The van der Waals surface area contributed by atoms with Crippen LogP contribution in [-0.4, -0.2) is 46.2 Å². The maximum absolute atomic E-state index is 14.0. The second-order valence-corrected chi connectivity index (χ2v) is 6.41. The number of nitrogens with zero attached hydrogens (tertiary/aromatic N) is 5. The van der Waals surface area contributed by atoms with E-state index in [2.05, 4.69) is 24.9 Å². The molecule has 1 aliphatic heterocycles. The van der Waals surface area contributed by atoms with E-state index in [9.17, 15) is 4.39 Å². The lowest BCUT2D eigenvalue weighted by Gasteiger charge is -2.34. The summed E-state index contributed by atoms with van der Waals surface area (Å²) in [6.07, 6.45) is 2.85. The van der Waals surface area contributed by atoms with Gasteiger partial charge in [-0.05, 0) is 11.4 Å². The fourth-order valence-corrected chi connectivity index (χ4v) is 3.41. The van der Waals surface area contributed by atoms with Gasteiger partial charge in [-0.2, -0.15) is 11.3 Å². The molecule has 0 unspecified atom stereocenters. The molecule has 6 nitrogen and oxygen atoms in total. The standard InChI is InChI=1S/C16H16FN5OS/c17-14-9-18-16(19-15(14)12-2-8-24-11-12)22-5-3-21(4-6-22)10-13-1-7-23-20-13/h1-2,7-9,11H,3-6,10H2. The van der Waals surface area contributed by atoms with E-state index in [1.807, 2.05) is 22.9 Å². The van der Waals surface area contributed by atoms with Crippen LogP contribution in [0.25, 0.3) is 11.3 Å². The van der Waals surface area contributed by atoms with Crippen molar-refractivity contribution in [2.24, 2.45) is 0 Å². The van der Waals surface area contributed by atoms with Gasteiger partial charge in [0, 0.05) is 49.7 Å². The highest BCUT2D eigenvalue weighted by molar-refractivity contribution is 7.08. The number of aromatic nitrogens is 3. The normalized spacial score (nSPS) is 15.8. The Hall–Kier alpha value is -2.32. The van der Waals surface area contributed by atoms with Gasteiger partial charge in [0.2, 0.25) is 5.95 Å². The predicted molar refractivity (Wildman–Crippen MR) is 89.3 cm³/mol. The van der Waals surface area contributed by atoms with Crippen LogP contribution in [0.5, 0.6) is 0 Å².